The van der Waals surface area contributed by atoms with Crippen molar-refractivity contribution >= 4 is 17.6 Å². The lowest BCUT2D eigenvalue weighted by Crippen LogP contribution is -2.41. The smallest absolute Gasteiger partial charge is 0.326 e. The molecule has 1 aromatic carbocycles. The lowest BCUT2D eigenvalue weighted by molar-refractivity contribution is -0.384. The fourth-order valence-electron chi connectivity index (χ4n) is 2.38. The second-order valence-electron chi connectivity index (χ2n) is 4.89. The summed E-state index contributed by atoms with van der Waals surface area (Å²) in [7, 11) is 0. The van der Waals surface area contributed by atoms with Gasteiger partial charge < -0.3 is 15.1 Å². The number of hydrogen-bond acceptors (Lipinski definition) is 5. The fraction of sp³-hybridized carbons (Fsp3) is 0.385. The molecular formula is C13H14N2O6. The van der Waals surface area contributed by atoms with Gasteiger partial charge in [0.2, 0.25) is 5.91 Å². The molecule has 1 amide bonds. The molecule has 112 valence electrons. The summed E-state index contributed by atoms with van der Waals surface area (Å²) >= 11 is 0. The first-order valence-electron chi connectivity index (χ1n) is 6.32. The van der Waals surface area contributed by atoms with Gasteiger partial charge in [0.1, 0.15) is 6.04 Å². The minimum atomic E-state index is -1.17. The molecule has 1 fully saturated rings. The number of benzene rings is 1. The fourth-order valence-corrected chi connectivity index (χ4v) is 2.38. The Bertz CT molecular complexity index is 588. The van der Waals surface area contributed by atoms with Gasteiger partial charge in [0, 0.05) is 25.1 Å². The van der Waals surface area contributed by atoms with Gasteiger partial charge in [-0.2, -0.15) is 0 Å². The van der Waals surface area contributed by atoms with Crippen molar-refractivity contribution in [3.05, 3.63) is 39.9 Å². The highest BCUT2D eigenvalue weighted by atomic mass is 16.6. The van der Waals surface area contributed by atoms with Crippen molar-refractivity contribution in [2.24, 2.45) is 0 Å². The molecule has 0 spiro atoms. The predicted octanol–water partition coefficient (Wildman–Crippen LogP) is 0.184. The summed E-state index contributed by atoms with van der Waals surface area (Å²) in [6, 6.07) is 4.57. The SMILES string of the molecule is O=C(O)C1CC(O)CN1C(=O)Cc1cccc([N+](=O)[O-])c1. The van der Waals surface area contributed by atoms with Crippen LogP contribution in [0, 0.1) is 10.1 Å². The molecular weight excluding hydrogens is 280 g/mol. The lowest BCUT2D eigenvalue weighted by atomic mass is 10.1. The van der Waals surface area contributed by atoms with Crippen LogP contribution in [-0.4, -0.2) is 50.6 Å². The minimum absolute atomic E-state index is 0.00396. The zero-order chi connectivity index (χ0) is 15.6. The van der Waals surface area contributed by atoms with Crippen LogP contribution in [0.5, 0.6) is 0 Å². The summed E-state index contributed by atoms with van der Waals surface area (Å²) in [6.45, 7) is -0.0370. The van der Waals surface area contributed by atoms with E-state index in [2.05, 4.69) is 0 Å². The topological polar surface area (TPSA) is 121 Å². The van der Waals surface area contributed by atoms with Gasteiger partial charge >= 0.3 is 5.97 Å². The lowest BCUT2D eigenvalue weighted by Gasteiger charge is -2.21. The molecule has 21 heavy (non-hydrogen) atoms. The Morgan fingerprint density at radius 3 is 2.76 bits per heavy atom. The van der Waals surface area contributed by atoms with Crippen LogP contribution in [-0.2, 0) is 16.0 Å². The van der Waals surface area contributed by atoms with E-state index in [4.69, 9.17) is 5.11 Å². The summed E-state index contributed by atoms with van der Waals surface area (Å²) in [5.74, 6) is -1.64. The average molecular weight is 294 g/mol. The number of nitro benzene ring substituents is 1. The number of nitro groups is 1. The maximum atomic E-state index is 12.1. The van der Waals surface area contributed by atoms with Crippen molar-refractivity contribution in [3.63, 3.8) is 0 Å². The molecule has 8 heteroatoms. The van der Waals surface area contributed by atoms with Crippen LogP contribution in [0.25, 0.3) is 0 Å². The number of carboxylic acid groups (broad SMARTS) is 1. The maximum absolute atomic E-state index is 12.1. The number of nitrogens with zero attached hydrogens (tertiary/aromatic N) is 2. The molecule has 0 radical (unpaired) electrons. The van der Waals surface area contributed by atoms with Crippen molar-refractivity contribution in [3.8, 4) is 0 Å². The second-order valence-corrected chi connectivity index (χ2v) is 4.89. The molecule has 1 heterocycles. The maximum Gasteiger partial charge on any atom is 0.326 e. The molecule has 2 atom stereocenters. The normalized spacial score (nSPS) is 21.3. The first-order valence-corrected chi connectivity index (χ1v) is 6.32. The van der Waals surface area contributed by atoms with E-state index in [0.717, 1.165) is 4.90 Å². The van der Waals surface area contributed by atoms with Gasteiger partial charge in [0.25, 0.3) is 5.69 Å². The Morgan fingerprint density at radius 2 is 2.14 bits per heavy atom. The Morgan fingerprint density at radius 1 is 1.43 bits per heavy atom. The number of rotatable bonds is 4. The van der Waals surface area contributed by atoms with Gasteiger partial charge in [-0.15, -0.1) is 0 Å². The zero-order valence-corrected chi connectivity index (χ0v) is 11.0. The summed E-state index contributed by atoms with van der Waals surface area (Å²) in [6.07, 6.45) is -1.01. The third-order valence-corrected chi connectivity index (χ3v) is 3.36. The standard InChI is InChI=1S/C13H14N2O6/c16-10-6-11(13(18)19)14(7-10)12(17)5-8-2-1-3-9(4-8)15(20)21/h1-4,10-11,16H,5-7H2,(H,18,19). The van der Waals surface area contributed by atoms with Crippen LogP contribution in [0.15, 0.2) is 24.3 Å². The number of carbonyl (C=O) groups is 2. The van der Waals surface area contributed by atoms with Crippen LogP contribution in [0.2, 0.25) is 0 Å². The third kappa shape index (κ3) is 3.34. The molecule has 1 aliphatic rings. The molecule has 2 rings (SSSR count). The van der Waals surface area contributed by atoms with Crippen molar-refractivity contribution in [1.29, 1.82) is 0 Å². The van der Waals surface area contributed by atoms with Crippen molar-refractivity contribution in [2.75, 3.05) is 6.54 Å². The summed E-state index contributed by atoms with van der Waals surface area (Å²) in [5.41, 5.74) is 0.302. The van der Waals surface area contributed by atoms with E-state index < -0.39 is 28.9 Å². The number of amides is 1. The van der Waals surface area contributed by atoms with Gasteiger partial charge in [0.15, 0.2) is 0 Å². The molecule has 1 saturated heterocycles. The van der Waals surface area contributed by atoms with Crippen LogP contribution < -0.4 is 0 Å². The highest BCUT2D eigenvalue weighted by Crippen LogP contribution is 2.20. The number of aliphatic carboxylic acids is 1. The van der Waals surface area contributed by atoms with E-state index >= 15 is 0 Å². The van der Waals surface area contributed by atoms with Crippen LogP contribution in [0.4, 0.5) is 5.69 Å². The number of carbonyl (C=O) groups excluding carboxylic acids is 1. The molecule has 0 saturated carbocycles. The molecule has 0 aliphatic carbocycles. The zero-order valence-electron chi connectivity index (χ0n) is 11.0. The Balaban J connectivity index is 2.12. The average Bonchev–Trinajstić information content (AvgIpc) is 2.81. The number of likely N-dealkylation sites (tertiary alicyclic amines) is 1. The van der Waals surface area contributed by atoms with E-state index in [0.29, 0.717) is 5.56 Å². The molecule has 2 unspecified atom stereocenters. The van der Waals surface area contributed by atoms with Crippen LogP contribution in [0.3, 0.4) is 0 Å². The highest BCUT2D eigenvalue weighted by molar-refractivity contribution is 5.85. The summed E-state index contributed by atoms with van der Waals surface area (Å²) in [4.78, 5) is 34.4. The number of β-amino-alcohol motifs (C(OH)–C–C–N with tert-alkyl or cyclic N) is 1. The van der Waals surface area contributed by atoms with Gasteiger partial charge in [-0.05, 0) is 5.56 Å². The van der Waals surface area contributed by atoms with Crippen LogP contribution >= 0.6 is 0 Å². The number of hydrogen-bond donors (Lipinski definition) is 2. The van der Waals surface area contributed by atoms with Gasteiger partial charge in [-0.1, -0.05) is 12.1 Å². The van der Waals surface area contributed by atoms with Crippen molar-refractivity contribution < 1.29 is 24.7 Å². The quantitative estimate of drug-likeness (QED) is 0.603. The molecule has 0 bridgehead atoms. The first-order chi connectivity index (χ1) is 9.88. The van der Waals surface area contributed by atoms with Crippen LogP contribution in [0.1, 0.15) is 12.0 Å². The summed E-state index contributed by atoms with van der Waals surface area (Å²) in [5, 5.41) is 29.2. The van der Waals surface area contributed by atoms with E-state index in [9.17, 15) is 24.8 Å². The Hall–Kier alpha value is -2.48. The first kappa shape index (κ1) is 14.9. The van der Waals surface area contributed by atoms with E-state index in [1.807, 2.05) is 0 Å². The molecule has 1 aromatic rings. The predicted molar refractivity (Wildman–Crippen MR) is 70.6 cm³/mol. The molecule has 8 nitrogen and oxygen atoms in total. The molecule has 0 aromatic heterocycles. The van der Waals surface area contributed by atoms with Gasteiger partial charge in [-0.3, -0.25) is 14.9 Å². The monoisotopic (exact) mass is 294 g/mol. The Labute approximate surface area is 119 Å². The number of non-ortho nitro benzene ring substituents is 1. The molecule has 1 aliphatic heterocycles. The van der Waals surface area contributed by atoms with Crippen molar-refractivity contribution in [2.45, 2.75) is 25.0 Å². The van der Waals surface area contributed by atoms with E-state index in [1.165, 1.54) is 18.2 Å². The number of aliphatic hydroxyl groups is 1. The Kier molecular flexibility index (Phi) is 4.18. The number of carboxylic acids is 1. The second kappa shape index (κ2) is 5.88. The number of aliphatic hydroxyl groups excluding tert-OH is 1. The van der Waals surface area contributed by atoms with Gasteiger partial charge in [-0.25, -0.2) is 4.79 Å². The largest absolute Gasteiger partial charge is 0.480 e. The highest BCUT2D eigenvalue weighted by Gasteiger charge is 2.38. The van der Waals surface area contributed by atoms with E-state index in [-0.39, 0.29) is 25.1 Å². The third-order valence-electron chi connectivity index (χ3n) is 3.36. The summed E-state index contributed by atoms with van der Waals surface area (Å²) < 4.78 is 0. The minimum Gasteiger partial charge on any atom is -0.480 e. The van der Waals surface area contributed by atoms with E-state index in [1.54, 1.807) is 6.07 Å². The van der Waals surface area contributed by atoms with Crippen molar-refractivity contribution in [1.82, 2.24) is 4.90 Å². The van der Waals surface area contributed by atoms with Gasteiger partial charge in [0.05, 0.1) is 17.4 Å². The molecule has 2 N–H and O–H groups in total.